The number of alkyl halides is 2. The minimum atomic E-state index is -0.106. The van der Waals surface area contributed by atoms with E-state index >= 15 is 0 Å². The summed E-state index contributed by atoms with van der Waals surface area (Å²) in [5.41, 5.74) is 0. The molecule has 0 rings (SSSR count). The van der Waals surface area contributed by atoms with E-state index in [4.69, 9.17) is 42.3 Å². The summed E-state index contributed by atoms with van der Waals surface area (Å²) in [7, 11) is 9.63. The first-order chi connectivity index (χ1) is 2.83. The number of hydrogen-bond acceptors (Lipinski definition) is 0. The van der Waals surface area contributed by atoms with Gasteiger partial charge in [0.1, 0.15) is 0 Å². The van der Waals surface area contributed by atoms with Crippen LogP contribution < -0.4 is 0 Å². The van der Waals surface area contributed by atoms with Crippen molar-refractivity contribution in [3.05, 3.63) is 0 Å². The van der Waals surface area contributed by atoms with Crippen LogP contribution in [-0.4, -0.2) is 5.34 Å². The Labute approximate surface area is 63.2 Å². The first-order valence-electron chi connectivity index (χ1n) is 0.774. The molecule has 0 aromatic carbocycles. The summed E-state index contributed by atoms with van der Waals surface area (Å²) in [6, 6.07) is 0. The molecule has 0 saturated heterocycles. The summed E-state index contributed by atoms with van der Waals surface area (Å²) in [6.45, 7) is 0. The average Bonchev–Trinajstić information content (AvgIpc) is 1.39. The summed E-state index contributed by atoms with van der Waals surface area (Å²) in [4.78, 5) is 0. The van der Waals surface area contributed by atoms with Crippen molar-refractivity contribution in [2.45, 2.75) is 0 Å². The molecule has 5 heteroatoms. The summed E-state index contributed by atoms with van der Waals surface area (Å²) in [5.74, 6) is 0. The van der Waals surface area contributed by atoms with E-state index in [2.05, 4.69) is 0 Å². The Morgan fingerprint density at radius 3 is 1.17 bits per heavy atom. The van der Waals surface area contributed by atoms with Crippen molar-refractivity contribution < 1.29 is 15.9 Å². The zero-order valence-electron chi connectivity index (χ0n) is 2.54. The van der Waals surface area contributed by atoms with Gasteiger partial charge in [-0.1, -0.05) is 0 Å². The number of hydrogen-bond donors (Lipinski definition) is 0. The molecular weight excluding hydrogens is 260 g/mol. The molecule has 0 fully saturated rings. The Hall–Kier alpha value is 1.82. The third-order valence-electron chi connectivity index (χ3n) is 0. The van der Waals surface area contributed by atoms with Crippen LogP contribution in [0.2, 0.25) is 0 Å². The molecule has 6 heavy (non-hydrogen) atoms. The Morgan fingerprint density at radius 2 is 1.17 bits per heavy atom. The van der Waals surface area contributed by atoms with E-state index in [1.54, 1.807) is 0 Å². The van der Waals surface area contributed by atoms with E-state index in [1.165, 1.54) is 0 Å². The average molecular weight is 262 g/mol. The zero-order valence-corrected chi connectivity index (χ0v) is 7.11. The summed E-state index contributed by atoms with van der Waals surface area (Å²) < 4.78 is 0. The molecular formula is CH2Cl4Pd. The number of halogens is 4. The third-order valence-corrected chi connectivity index (χ3v) is 0. The molecule has 0 bridgehead atoms. The van der Waals surface area contributed by atoms with E-state index in [-0.39, 0.29) is 21.3 Å². The van der Waals surface area contributed by atoms with Gasteiger partial charge in [-0.15, -0.1) is 23.2 Å². The van der Waals surface area contributed by atoms with Crippen molar-refractivity contribution >= 4 is 42.3 Å². The predicted octanol–water partition coefficient (Wildman–Crippen LogP) is 2.80. The standard InChI is InChI=1S/CH2Cl2.2ClH.Pd/c2-1-3;;;/h1H2;2*1H;/q;;;+2/p-2. The molecule has 0 unspecified atom stereocenters. The molecule has 0 heterocycles. The van der Waals surface area contributed by atoms with Crippen LogP contribution in [0.15, 0.2) is 0 Å². The molecule has 0 saturated carbocycles. The molecule has 0 atom stereocenters. The van der Waals surface area contributed by atoms with E-state index < -0.39 is 0 Å². The molecule has 0 aliphatic carbocycles. The van der Waals surface area contributed by atoms with Crippen molar-refractivity contribution in [1.29, 1.82) is 0 Å². The first-order valence-corrected chi connectivity index (χ1v) is 5.85. The SMILES string of the molecule is ClCCl.[Cl][Pd][Cl]. The van der Waals surface area contributed by atoms with Crippen LogP contribution in [0.3, 0.4) is 0 Å². The second-order valence-corrected chi connectivity index (χ2v) is 3.31. The molecule has 0 aromatic rings. The first kappa shape index (κ1) is 10.7. The van der Waals surface area contributed by atoms with Crippen molar-refractivity contribution in [2.24, 2.45) is 0 Å². The third kappa shape index (κ3) is 40.8. The minimum absolute atomic E-state index is 0.106. The van der Waals surface area contributed by atoms with Crippen LogP contribution in [0.4, 0.5) is 0 Å². The van der Waals surface area contributed by atoms with E-state index in [1.807, 2.05) is 0 Å². The van der Waals surface area contributed by atoms with Crippen molar-refractivity contribution in [2.75, 3.05) is 5.34 Å². The van der Waals surface area contributed by atoms with Crippen LogP contribution in [0.5, 0.6) is 0 Å². The molecule has 0 nitrogen and oxygen atoms in total. The Bertz CT molecular complexity index is 9.51. The van der Waals surface area contributed by atoms with Gasteiger partial charge < -0.3 is 0 Å². The fourth-order valence-corrected chi connectivity index (χ4v) is 0. The van der Waals surface area contributed by atoms with E-state index in [0.29, 0.717) is 0 Å². The van der Waals surface area contributed by atoms with Gasteiger partial charge in [0.05, 0.1) is 5.34 Å². The maximum atomic E-state index is 4.81. The van der Waals surface area contributed by atoms with Gasteiger partial charge in [-0.25, -0.2) is 0 Å². The van der Waals surface area contributed by atoms with Gasteiger partial charge in [0.2, 0.25) is 0 Å². The fourth-order valence-electron chi connectivity index (χ4n) is 0. The molecule has 0 aliphatic rings. The van der Waals surface area contributed by atoms with Gasteiger partial charge in [-0.2, -0.15) is 0 Å². The predicted molar refractivity (Wildman–Crippen MR) is 28.3 cm³/mol. The number of rotatable bonds is 0. The summed E-state index contributed by atoms with van der Waals surface area (Å²) >= 11 is 9.42. The van der Waals surface area contributed by atoms with Crippen LogP contribution >= 0.6 is 42.3 Å². The molecule has 0 spiro atoms. The molecule has 0 aromatic heterocycles. The van der Waals surface area contributed by atoms with Gasteiger partial charge >= 0.3 is 35.0 Å². The van der Waals surface area contributed by atoms with Crippen LogP contribution in [-0.2, 0) is 15.9 Å². The zero-order chi connectivity index (χ0) is 5.41. The summed E-state index contributed by atoms with van der Waals surface area (Å²) in [5, 5.41) is 0.194. The van der Waals surface area contributed by atoms with Gasteiger partial charge in [-0.3, -0.25) is 0 Å². The Morgan fingerprint density at radius 1 is 1.17 bits per heavy atom. The Balaban J connectivity index is 0. The van der Waals surface area contributed by atoms with Gasteiger partial charge in [0, 0.05) is 0 Å². The molecule has 44 valence electrons. The van der Waals surface area contributed by atoms with E-state index in [0.717, 1.165) is 0 Å². The van der Waals surface area contributed by atoms with Crippen LogP contribution in [0, 0.1) is 0 Å². The topological polar surface area (TPSA) is 0 Å². The Kier molecular flexibility index (Phi) is 28.3. The molecule has 0 amide bonds. The monoisotopic (exact) mass is 260 g/mol. The van der Waals surface area contributed by atoms with Crippen molar-refractivity contribution in [3.63, 3.8) is 0 Å². The second kappa shape index (κ2) is 15.8. The molecule has 0 N–H and O–H groups in total. The van der Waals surface area contributed by atoms with Crippen molar-refractivity contribution in [1.82, 2.24) is 0 Å². The van der Waals surface area contributed by atoms with E-state index in [9.17, 15) is 0 Å². The molecule has 0 radical (unpaired) electrons. The fraction of sp³-hybridized carbons (Fsp3) is 1.00. The normalized spacial score (nSPS) is 6.67. The van der Waals surface area contributed by atoms with Gasteiger partial charge in [-0.05, 0) is 0 Å². The second-order valence-electron chi connectivity index (χ2n) is 0.146. The quantitative estimate of drug-likeness (QED) is 0.465. The van der Waals surface area contributed by atoms with Crippen LogP contribution in [0.1, 0.15) is 0 Å². The van der Waals surface area contributed by atoms with Crippen molar-refractivity contribution in [3.8, 4) is 0 Å². The van der Waals surface area contributed by atoms with Gasteiger partial charge in [0.25, 0.3) is 0 Å². The summed E-state index contributed by atoms with van der Waals surface area (Å²) in [6.07, 6.45) is 0. The van der Waals surface area contributed by atoms with Gasteiger partial charge in [0.15, 0.2) is 0 Å². The maximum absolute atomic E-state index is 4.81. The van der Waals surface area contributed by atoms with Crippen LogP contribution in [0.25, 0.3) is 0 Å². The molecule has 0 aliphatic heterocycles.